The van der Waals surface area contributed by atoms with Crippen molar-refractivity contribution < 1.29 is 17.9 Å². The molecule has 0 atom stereocenters. The number of alkyl halides is 3. The number of nitrogens with zero attached hydrogens (tertiary/aromatic N) is 1. The van der Waals surface area contributed by atoms with E-state index in [0.29, 0.717) is 13.0 Å². The van der Waals surface area contributed by atoms with Crippen LogP contribution in [0.15, 0.2) is 12.3 Å². The Bertz CT molecular complexity index is 446. The van der Waals surface area contributed by atoms with Gasteiger partial charge in [-0.2, -0.15) is 13.2 Å². The zero-order valence-electron chi connectivity index (χ0n) is 9.14. The third kappa shape index (κ3) is 3.64. The molecule has 1 aromatic rings. The smallest absolute Gasteiger partial charge is 0.421 e. The van der Waals surface area contributed by atoms with Crippen molar-refractivity contribution in [3.05, 3.63) is 23.4 Å². The second-order valence-corrected chi connectivity index (χ2v) is 3.12. The van der Waals surface area contributed by atoms with Gasteiger partial charge in [-0.25, -0.2) is 4.98 Å². The Morgan fingerprint density at radius 1 is 1.47 bits per heavy atom. The fourth-order valence-electron chi connectivity index (χ4n) is 1.12. The normalized spacial score (nSPS) is 10.6. The Labute approximate surface area is 96.8 Å². The summed E-state index contributed by atoms with van der Waals surface area (Å²) in [5, 5.41) is 0. The first-order valence-corrected chi connectivity index (χ1v) is 4.79. The van der Waals surface area contributed by atoms with Crippen LogP contribution >= 0.6 is 0 Å². The Hall–Kier alpha value is -1.74. The minimum atomic E-state index is -4.51. The molecule has 3 nitrogen and oxygen atoms in total. The number of nitrogens with two attached hydrogens (primary N) is 1. The van der Waals surface area contributed by atoms with E-state index in [4.69, 9.17) is 5.73 Å². The van der Waals surface area contributed by atoms with Gasteiger partial charge in [0.1, 0.15) is 5.56 Å². The van der Waals surface area contributed by atoms with Crippen LogP contribution in [0.25, 0.3) is 0 Å². The van der Waals surface area contributed by atoms with Crippen LogP contribution in [-0.2, 0) is 6.18 Å². The predicted molar refractivity (Wildman–Crippen MR) is 56.3 cm³/mol. The van der Waals surface area contributed by atoms with Crippen LogP contribution < -0.4 is 10.5 Å². The van der Waals surface area contributed by atoms with Crippen LogP contribution in [-0.4, -0.2) is 18.6 Å². The van der Waals surface area contributed by atoms with E-state index in [2.05, 4.69) is 21.6 Å². The predicted octanol–water partition coefficient (Wildman–Crippen LogP) is 1.81. The summed E-state index contributed by atoms with van der Waals surface area (Å²) in [5.41, 5.74) is 4.48. The molecule has 0 aliphatic carbocycles. The number of rotatable bonds is 2. The molecule has 0 aliphatic heterocycles. The maximum atomic E-state index is 12.6. The molecule has 0 bridgehead atoms. The van der Waals surface area contributed by atoms with E-state index in [0.717, 1.165) is 13.2 Å². The molecule has 0 radical (unpaired) electrons. The van der Waals surface area contributed by atoms with E-state index in [1.807, 2.05) is 0 Å². The van der Waals surface area contributed by atoms with Crippen molar-refractivity contribution >= 4 is 0 Å². The number of hydrogen-bond donors (Lipinski definition) is 1. The van der Waals surface area contributed by atoms with Crippen LogP contribution in [0.3, 0.4) is 0 Å². The minimum Gasteiger partial charge on any atom is -0.481 e. The zero-order chi connectivity index (χ0) is 12.9. The van der Waals surface area contributed by atoms with E-state index >= 15 is 0 Å². The Morgan fingerprint density at radius 3 is 2.71 bits per heavy atom. The van der Waals surface area contributed by atoms with Gasteiger partial charge in [-0.1, -0.05) is 11.8 Å². The summed E-state index contributed by atoms with van der Waals surface area (Å²) in [4.78, 5) is 3.57. The third-order valence-electron chi connectivity index (χ3n) is 1.85. The number of pyridine rings is 1. The van der Waals surface area contributed by atoms with Gasteiger partial charge in [0.05, 0.1) is 7.11 Å². The van der Waals surface area contributed by atoms with Gasteiger partial charge in [0.15, 0.2) is 0 Å². The topological polar surface area (TPSA) is 48.1 Å². The second kappa shape index (κ2) is 5.55. The third-order valence-corrected chi connectivity index (χ3v) is 1.85. The molecule has 17 heavy (non-hydrogen) atoms. The molecular weight excluding hydrogens is 233 g/mol. The van der Waals surface area contributed by atoms with Gasteiger partial charge >= 0.3 is 6.18 Å². The maximum absolute atomic E-state index is 12.6. The molecule has 0 fully saturated rings. The first kappa shape index (κ1) is 13.3. The van der Waals surface area contributed by atoms with Crippen molar-refractivity contribution in [1.82, 2.24) is 4.98 Å². The average molecular weight is 244 g/mol. The van der Waals surface area contributed by atoms with Crippen molar-refractivity contribution in [2.45, 2.75) is 12.6 Å². The highest BCUT2D eigenvalue weighted by Crippen LogP contribution is 2.35. The van der Waals surface area contributed by atoms with Gasteiger partial charge in [-0.15, -0.1) is 0 Å². The minimum absolute atomic E-state index is 0.187. The Morgan fingerprint density at radius 2 is 2.18 bits per heavy atom. The Kier molecular flexibility index (Phi) is 4.35. The van der Waals surface area contributed by atoms with E-state index in [-0.39, 0.29) is 5.56 Å². The molecule has 2 N–H and O–H groups in total. The van der Waals surface area contributed by atoms with Gasteiger partial charge in [-0.3, -0.25) is 0 Å². The van der Waals surface area contributed by atoms with Gasteiger partial charge < -0.3 is 10.5 Å². The van der Waals surface area contributed by atoms with Gasteiger partial charge in [-0.05, 0) is 6.07 Å². The van der Waals surface area contributed by atoms with Crippen molar-refractivity contribution in [2.24, 2.45) is 5.73 Å². The summed E-state index contributed by atoms with van der Waals surface area (Å²) >= 11 is 0. The number of aromatic nitrogens is 1. The summed E-state index contributed by atoms with van der Waals surface area (Å²) in [7, 11) is 1.14. The van der Waals surface area contributed by atoms with E-state index in [1.54, 1.807) is 0 Å². The zero-order valence-corrected chi connectivity index (χ0v) is 9.14. The summed E-state index contributed by atoms with van der Waals surface area (Å²) in [5.74, 6) is 4.75. The first-order valence-electron chi connectivity index (χ1n) is 4.79. The van der Waals surface area contributed by atoms with Crippen LogP contribution in [0, 0.1) is 11.8 Å². The largest absolute Gasteiger partial charge is 0.481 e. The van der Waals surface area contributed by atoms with E-state index in [9.17, 15) is 13.2 Å². The Balaban J connectivity index is 3.11. The van der Waals surface area contributed by atoms with Crippen LogP contribution in [0.2, 0.25) is 0 Å². The molecule has 0 aromatic carbocycles. The standard InChI is InChI=1S/C11H11F3N2O/c1-17-10-9(11(12,13)14)6-8(7-16-10)4-2-3-5-15/h6-7H,3,5,15H2,1H3. The molecule has 0 saturated heterocycles. The highest BCUT2D eigenvalue weighted by atomic mass is 19.4. The molecule has 0 unspecified atom stereocenters. The molecule has 92 valence electrons. The molecule has 0 spiro atoms. The van der Waals surface area contributed by atoms with Gasteiger partial charge in [0.25, 0.3) is 0 Å². The lowest BCUT2D eigenvalue weighted by Crippen LogP contribution is -2.09. The molecule has 1 rings (SSSR count). The number of hydrogen-bond acceptors (Lipinski definition) is 3. The lowest BCUT2D eigenvalue weighted by molar-refractivity contribution is -0.139. The van der Waals surface area contributed by atoms with Gasteiger partial charge in [0.2, 0.25) is 5.88 Å². The van der Waals surface area contributed by atoms with Crippen LogP contribution in [0.1, 0.15) is 17.5 Å². The monoisotopic (exact) mass is 244 g/mol. The van der Waals surface area contributed by atoms with Crippen molar-refractivity contribution in [1.29, 1.82) is 0 Å². The highest BCUT2D eigenvalue weighted by Gasteiger charge is 2.35. The summed E-state index contributed by atoms with van der Waals surface area (Å²) < 4.78 is 42.4. The molecular formula is C11H11F3N2O. The highest BCUT2D eigenvalue weighted by molar-refractivity contribution is 5.40. The van der Waals surface area contributed by atoms with Crippen molar-refractivity contribution in [3.8, 4) is 17.7 Å². The SMILES string of the molecule is COc1ncc(C#CCCN)cc1C(F)(F)F. The fourth-order valence-corrected chi connectivity index (χ4v) is 1.12. The molecule has 0 saturated carbocycles. The molecule has 6 heteroatoms. The molecule has 0 aliphatic rings. The fraction of sp³-hybridized carbons (Fsp3) is 0.364. The number of methoxy groups -OCH3 is 1. The van der Waals surface area contributed by atoms with Crippen molar-refractivity contribution in [3.63, 3.8) is 0 Å². The summed E-state index contributed by atoms with van der Waals surface area (Å²) in [6.07, 6.45) is -2.85. The number of halogens is 3. The van der Waals surface area contributed by atoms with Crippen LogP contribution in [0.4, 0.5) is 13.2 Å². The summed E-state index contributed by atoms with van der Waals surface area (Å²) in [6, 6.07) is 0.912. The first-order chi connectivity index (χ1) is 7.99. The van der Waals surface area contributed by atoms with Crippen LogP contribution in [0.5, 0.6) is 5.88 Å². The molecule has 1 heterocycles. The quantitative estimate of drug-likeness (QED) is 0.807. The van der Waals surface area contributed by atoms with Gasteiger partial charge in [0, 0.05) is 24.7 Å². The lowest BCUT2D eigenvalue weighted by Gasteiger charge is -2.10. The lowest BCUT2D eigenvalue weighted by atomic mass is 10.2. The molecule has 0 amide bonds. The van der Waals surface area contributed by atoms with E-state index in [1.165, 1.54) is 6.20 Å². The average Bonchev–Trinajstić information content (AvgIpc) is 2.28. The maximum Gasteiger partial charge on any atom is 0.421 e. The van der Waals surface area contributed by atoms with Crippen molar-refractivity contribution in [2.75, 3.05) is 13.7 Å². The number of ether oxygens (including phenoxy) is 1. The second-order valence-electron chi connectivity index (χ2n) is 3.12. The van der Waals surface area contributed by atoms with E-state index < -0.39 is 17.6 Å². The molecule has 1 aromatic heterocycles. The summed E-state index contributed by atoms with van der Waals surface area (Å²) in [6.45, 7) is 0.364.